The van der Waals surface area contributed by atoms with E-state index in [0.717, 1.165) is 19.4 Å². The normalized spacial score (nSPS) is 11.5. The van der Waals surface area contributed by atoms with Gasteiger partial charge in [0, 0.05) is 25.2 Å². The molecule has 16 heavy (non-hydrogen) atoms. The maximum Gasteiger partial charge on any atom is 0.234 e. The fourth-order valence-corrected chi connectivity index (χ4v) is 1.91. The first-order chi connectivity index (χ1) is 7.54. The molecule has 0 aromatic carbocycles. The van der Waals surface area contributed by atoms with Crippen LogP contribution in [0.3, 0.4) is 0 Å². The van der Waals surface area contributed by atoms with Crippen LogP contribution in [0.4, 0.5) is 0 Å². The molecule has 0 aliphatic carbocycles. The van der Waals surface area contributed by atoms with Gasteiger partial charge in [-0.3, -0.25) is 9.69 Å². The lowest BCUT2D eigenvalue weighted by atomic mass is 10.1. The summed E-state index contributed by atoms with van der Waals surface area (Å²) in [5, 5.41) is 2.91. The average Bonchev–Trinajstić information content (AvgIpc) is 2.18. The highest BCUT2D eigenvalue weighted by Gasteiger charge is 2.17. The molecule has 1 amide bonds. The second-order valence-corrected chi connectivity index (χ2v) is 4.45. The molecule has 4 nitrogen and oxygen atoms in total. The molecule has 0 radical (unpaired) electrons. The lowest BCUT2D eigenvalue weighted by Crippen LogP contribution is -2.46. The van der Waals surface area contributed by atoms with Crippen molar-refractivity contribution in [3.63, 3.8) is 0 Å². The first-order valence-electron chi connectivity index (χ1n) is 6.28. The number of hydrogen-bond acceptors (Lipinski definition) is 3. The zero-order chi connectivity index (χ0) is 12.6. The van der Waals surface area contributed by atoms with Gasteiger partial charge in [-0.2, -0.15) is 0 Å². The van der Waals surface area contributed by atoms with Crippen molar-refractivity contribution in [2.24, 2.45) is 5.73 Å². The van der Waals surface area contributed by atoms with Crippen LogP contribution in [-0.4, -0.2) is 42.5 Å². The third-order valence-corrected chi connectivity index (χ3v) is 2.67. The molecule has 0 spiro atoms. The second-order valence-electron chi connectivity index (χ2n) is 4.45. The fraction of sp³-hybridized carbons (Fsp3) is 0.917. The molecule has 0 bridgehead atoms. The number of nitrogens with two attached hydrogens (primary N) is 1. The summed E-state index contributed by atoms with van der Waals surface area (Å²) in [6.07, 6.45) is 2.12. The molecule has 0 saturated heterocycles. The molecular formula is C12H27N3O. The minimum atomic E-state index is 0.0929. The van der Waals surface area contributed by atoms with Crippen molar-refractivity contribution in [1.82, 2.24) is 10.2 Å². The number of nitrogens with zero attached hydrogens (tertiary/aromatic N) is 1. The molecule has 0 rings (SSSR count). The Bertz CT molecular complexity index is 191. The zero-order valence-electron chi connectivity index (χ0n) is 11.1. The molecule has 0 aromatic rings. The minimum absolute atomic E-state index is 0.0929. The van der Waals surface area contributed by atoms with Crippen LogP contribution in [0.1, 0.15) is 40.5 Å². The van der Waals surface area contributed by atoms with Gasteiger partial charge in [0.1, 0.15) is 0 Å². The Kier molecular flexibility index (Phi) is 8.21. The van der Waals surface area contributed by atoms with Crippen LogP contribution in [0.15, 0.2) is 0 Å². The molecule has 0 aliphatic heterocycles. The standard InChI is InChI=1S/C12H27N3O/c1-5-11(6-2)15(8-7-13)9-12(16)14-10(3)4/h10-11H,5-9,13H2,1-4H3,(H,14,16). The highest BCUT2D eigenvalue weighted by molar-refractivity contribution is 5.78. The lowest BCUT2D eigenvalue weighted by Gasteiger charge is -2.29. The van der Waals surface area contributed by atoms with Crippen LogP contribution >= 0.6 is 0 Å². The summed E-state index contributed by atoms with van der Waals surface area (Å²) in [7, 11) is 0. The van der Waals surface area contributed by atoms with Crippen molar-refractivity contribution in [3.05, 3.63) is 0 Å². The quantitative estimate of drug-likeness (QED) is 0.652. The summed E-state index contributed by atoms with van der Waals surface area (Å²) in [5.74, 6) is 0.0929. The van der Waals surface area contributed by atoms with Crippen LogP contribution in [0, 0.1) is 0 Å². The monoisotopic (exact) mass is 229 g/mol. The van der Waals surface area contributed by atoms with E-state index in [4.69, 9.17) is 5.73 Å². The van der Waals surface area contributed by atoms with E-state index in [1.54, 1.807) is 0 Å². The number of rotatable bonds is 8. The number of nitrogens with one attached hydrogen (secondary N) is 1. The molecule has 0 atom stereocenters. The van der Waals surface area contributed by atoms with Crippen molar-refractivity contribution in [1.29, 1.82) is 0 Å². The van der Waals surface area contributed by atoms with Gasteiger partial charge in [-0.05, 0) is 26.7 Å². The zero-order valence-corrected chi connectivity index (χ0v) is 11.1. The molecule has 4 heteroatoms. The van der Waals surface area contributed by atoms with E-state index in [-0.39, 0.29) is 11.9 Å². The first-order valence-corrected chi connectivity index (χ1v) is 6.28. The van der Waals surface area contributed by atoms with Crippen molar-refractivity contribution >= 4 is 5.91 Å². The summed E-state index contributed by atoms with van der Waals surface area (Å²) in [6.45, 7) is 10.1. The Balaban J connectivity index is 4.25. The number of carbonyl (C=O) groups is 1. The number of amides is 1. The molecule has 0 aromatic heterocycles. The number of hydrogen-bond donors (Lipinski definition) is 2. The van der Waals surface area contributed by atoms with E-state index in [0.29, 0.717) is 19.1 Å². The minimum Gasteiger partial charge on any atom is -0.353 e. The predicted molar refractivity (Wildman–Crippen MR) is 68.3 cm³/mol. The van der Waals surface area contributed by atoms with Crippen LogP contribution in [0.25, 0.3) is 0 Å². The van der Waals surface area contributed by atoms with Crippen molar-refractivity contribution < 1.29 is 4.79 Å². The highest BCUT2D eigenvalue weighted by Crippen LogP contribution is 2.07. The van der Waals surface area contributed by atoms with Gasteiger partial charge in [-0.1, -0.05) is 13.8 Å². The summed E-state index contributed by atoms with van der Waals surface area (Å²) in [4.78, 5) is 13.9. The maximum atomic E-state index is 11.7. The number of carbonyl (C=O) groups excluding carboxylic acids is 1. The van der Waals surface area contributed by atoms with Gasteiger partial charge < -0.3 is 11.1 Å². The first kappa shape index (κ1) is 15.4. The Hall–Kier alpha value is -0.610. The molecule has 0 heterocycles. The maximum absolute atomic E-state index is 11.7. The van der Waals surface area contributed by atoms with E-state index < -0.39 is 0 Å². The van der Waals surface area contributed by atoms with Gasteiger partial charge in [0.25, 0.3) is 0 Å². The third kappa shape index (κ3) is 6.08. The van der Waals surface area contributed by atoms with E-state index in [2.05, 4.69) is 24.1 Å². The van der Waals surface area contributed by atoms with Crippen LogP contribution in [0.2, 0.25) is 0 Å². The molecule has 0 aliphatic rings. The molecule has 3 N–H and O–H groups in total. The smallest absolute Gasteiger partial charge is 0.234 e. The van der Waals surface area contributed by atoms with Crippen LogP contribution in [-0.2, 0) is 4.79 Å². The largest absolute Gasteiger partial charge is 0.353 e. The summed E-state index contributed by atoms with van der Waals surface area (Å²) < 4.78 is 0. The third-order valence-electron chi connectivity index (χ3n) is 2.67. The van der Waals surface area contributed by atoms with Crippen LogP contribution in [0.5, 0.6) is 0 Å². The summed E-state index contributed by atoms with van der Waals surface area (Å²) in [6, 6.07) is 0.662. The molecule has 0 fully saturated rings. The molecular weight excluding hydrogens is 202 g/mol. The predicted octanol–water partition coefficient (Wildman–Crippen LogP) is 0.960. The van der Waals surface area contributed by atoms with Gasteiger partial charge >= 0.3 is 0 Å². The Morgan fingerprint density at radius 3 is 2.25 bits per heavy atom. The van der Waals surface area contributed by atoms with E-state index in [1.165, 1.54) is 0 Å². The Morgan fingerprint density at radius 2 is 1.88 bits per heavy atom. The second kappa shape index (κ2) is 8.53. The molecule has 0 saturated carbocycles. The van der Waals surface area contributed by atoms with E-state index >= 15 is 0 Å². The average molecular weight is 229 g/mol. The lowest BCUT2D eigenvalue weighted by molar-refractivity contribution is -0.123. The van der Waals surface area contributed by atoms with Gasteiger partial charge in [0.2, 0.25) is 5.91 Å². The topological polar surface area (TPSA) is 58.4 Å². The molecule has 96 valence electrons. The SMILES string of the molecule is CCC(CC)N(CCN)CC(=O)NC(C)C. The van der Waals surface area contributed by atoms with Crippen molar-refractivity contribution in [2.45, 2.75) is 52.6 Å². The summed E-state index contributed by atoms with van der Waals surface area (Å²) in [5.41, 5.74) is 5.58. The van der Waals surface area contributed by atoms with E-state index in [1.807, 2.05) is 13.8 Å². The highest BCUT2D eigenvalue weighted by atomic mass is 16.2. The van der Waals surface area contributed by atoms with E-state index in [9.17, 15) is 4.79 Å². The Labute approximate surface area is 99.6 Å². The van der Waals surface area contributed by atoms with Gasteiger partial charge in [0.15, 0.2) is 0 Å². The molecule has 0 unspecified atom stereocenters. The van der Waals surface area contributed by atoms with Gasteiger partial charge in [-0.25, -0.2) is 0 Å². The fourth-order valence-electron chi connectivity index (χ4n) is 1.91. The van der Waals surface area contributed by atoms with Crippen molar-refractivity contribution in [2.75, 3.05) is 19.6 Å². The van der Waals surface area contributed by atoms with Crippen LogP contribution < -0.4 is 11.1 Å². The summed E-state index contributed by atoms with van der Waals surface area (Å²) >= 11 is 0. The Morgan fingerprint density at radius 1 is 1.31 bits per heavy atom. The van der Waals surface area contributed by atoms with Crippen molar-refractivity contribution in [3.8, 4) is 0 Å². The van der Waals surface area contributed by atoms with Gasteiger partial charge in [-0.15, -0.1) is 0 Å². The van der Waals surface area contributed by atoms with Gasteiger partial charge in [0.05, 0.1) is 6.54 Å².